The number of hydrogen-bond acceptors (Lipinski definition) is 2. The molecule has 0 aromatic heterocycles. The smallest absolute Gasteiger partial charge is 0.124 e. The third-order valence-electron chi connectivity index (χ3n) is 4.23. The lowest BCUT2D eigenvalue weighted by atomic mass is 9.86. The molecular formula is C16H25NO. The van der Waals surface area contributed by atoms with Gasteiger partial charge in [-0.05, 0) is 56.6 Å². The second kappa shape index (κ2) is 5.64. The number of hydrogen-bond donors (Lipinski definition) is 1. The highest BCUT2D eigenvalue weighted by atomic mass is 16.5. The molecule has 0 unspecified atom stereocenters. The van der Waals surface area contributed by atoms with Crippen molar-refractivity contribution >= 4 is 5.69 Å². The largest absolute Gasteiger partial charge is 0.490 e. The van der Waals surface area contributed by atoms with Gasteiger partial charge in [-0.15, -0.1) is 0 Å². The van der Waals surface area contributed by atoms with Gasteiger partial charge in [-0.25, -0.2) is 0 Å². The first kappa shape index (κ1) is 13.3. The Hall–Kier alpha value is -1.18. The summed E-state index contributed by atoms with van der Waals surface area (Å²) in [5, 5.41) is 0. The predicted octanol–water partition coefficient (Wildman–Crippen LogP) is 4.23. The molecule has 1 aliphatic carbocycles. The van der Waals surface area contributed by atoms with Gasteiger partial charge in [0.25, 0.3) is 0 Å². The quantitative estimate of drug-likeness (QED) is 0.811. The number of benzene rings is 1. The molecule has 0 radical (unpaired) electrons. The molecule has 0 saturated heterocycles. The van der Waals surface area contributed by atoms with Gasteiger partial charge in [0.05, 0.1) is 6.10 Å². The van der Waals surface area contributed by atoms with Crippen LogP contribution in [0.5, 0.6) is 5.75 Å². The van der Waals surface area contributed by atoms with Gasteiger partial charge >= 0.3 is 0 Å². The minimum absolute atomic E-state index is 0.383. The summed E-state index contributed by atoms with van der Waals surface area (Å²) in [5.74, 6) is 1.88. The van der Waals surface area contributed by atoms with Gasteiger partial charge in [0, 0.05) is 11.8 Å². The van der Waals surface area contributed by atoms with Crippen LogP contribution in [0, 0.1) is 19.8 Å². The van der Waals surface area contributed by atoms with Crippen LogP contribution in [-0.2, 0) is 0 Å². The Morgan fingerprint density at radius 1 is 1.11 bits per heavy atom. The molecule has 0 atom stereocenters. The van der Waals surface area contributed by atoms with E-state index >= 15 is 0 Å². The van der Waals surface area contributed by atoms with Crippen LogP contribution in [0.2, 0.25) is 0 Å². The van der Waals surface area contributed by atoms with Crippen LogP contribution >= 0.6 is 0 Å². The van der Waals surface area contributed by atoms with E-state index in [1.807, 2.05) is 13.0 Å². The normalized spacial score (nSPS) is 23.9. The third-order valence-corrected chi connectivity index (χ3v) is 4.23. The number of nitrogen functional groups attached to an aromatic ring is 1. The molecular weight excluding hydrogens is 222 g/mol. The van der Waals surface area contributed by atoms with E-state index in [2.05, 4.69) is 19.9 Å². The molecule has 2 N–H and O–H groups in total. The van der Waals surface area contributed by atoms with Crippen LogP contribution < -0.4 is 10.5 Å². The first-order valence-electron chi connectivity index (χ1n) is 7.13. The molecule has 18 heavy (non-hydrogen) atoms. The van der Waals surface area contributed by atoms with E-state index in [-0.39, 0.29) is 0 Å². The molecule has 2 heteroatoms. The Morgan fingerprint density at radius 2 is 1.78 bits per heavy atom. The molecule has 1 saturated carbocycles. The first-order valence-corrected chi connectivity index (χ1v) is 7.13. The van der Waals surface area contributed by atoms with Gasteiger partial charge in [-0.3, -0.25) is 0 Å². The summed E-state index contributed by atoms with van der Waals surface area (Å²) in [6.07, 6.45) is 6.68. The molecule has 2 rings (SSSR count). The molecule has 1 aliphatic rings. The second-order valence-electron chi connectivity index (χ2n) is 5.64. The molecule has 1 aromatic rings. The highest BCUT2D eigenvalue weighted by molar-refractivity contribution is 5.54. The van der Waals surface area contributed by atoms with E-state index in [9.17, 15) is 0 Å². The number of anilines is 1. The molecule has 0 bridgehead atoms. The maximum Gasteiger partial charge on any atom is 0.124 e. The Labute approximate surface area is 111 Å². The van der Waals surface area contributed by atoms with Crippen LogP contribution in [0.25, 0.3) is 0 Å². The van der Waals surface area contributed by atoms with Crippen molar-refractivity contribution in [2.24, 2.45) is 5.92 Å². The predicted molar refractivity (Wildman–Crippen MR) is 77.0 cm³/mol. The average molecular weight is 247 g/mol. The van der Waals surface area contributed by atoms with Crippen LogP contribution in [0.4, 0.5) is 5.69 Å². The molecule has 100 valence electrons. The fourth-order valence-corrected chi connectivity index (χ4v) is 2.81. The van der Waals surface area contributed by atoms with Gasteiger partial charge in [-0.2, -0.15) is 0 Å². The van der Waals surface area contributed by atoms with Crippen molar-refractivity contribution in [3.63, 3.8) is 0 Å². The Balaban J connectivity index is 2.00. The highest BCUT2D eigenvalue weighted by Gasteiger charge is 2.21. The SMILES string of the molecule is CCC1CCC(Oc2cc(N)c(C)cc2C)CC1. The van der Waals surface area contributed by atoms with E-state index in [1.54, 1.807) is 0 Å². The number of rotatable bonds is 3. The Kier molecular flexibility index (Phi) is 4.15. The summed E-state index contributed by atoms with van der Waals surface area (Å²) in [5.41, 5.74) is 9.12. The molecule has 1 fully saturated rings. The summed E-state index contributed by atoms with van der Waals surface area (Å²) < 4.78 is 6.13. The summed E-state index contributed by atoms with van der Waals surface area (Å²) in [6, 6.07) is 4.10. The molecule has 0 amide bonds. The van der Waals surface area contributed by atoms with Crippen molar-refractivity contribution in [3.05, 3.63) is 23.3 Å². The third kappa shape index (κ3) is 2.98. The summed E-state index contributed by atoms with van der Waals surface area (Å²) >= 11 is 0. The second-order valence-corrected chi connectivity index (χ2v) is 5.64. The molecule has 2 nitrogen and oxygen atoms in total. The Morgan fingerprint density at radius 3 is 2.39 bits per heavy atom. The minimum atomic E-state index is 0.383. The summed E-state index contributed by atoms with van der Waals surface area (Å²) in [4.78, 5) is 0. The van der Waals surface area contributed by atoms with E-state index in [0.717, 1.165) is 22.9 Å². The Bertz CT molecular complexity index is 406. The molecule has 0 spiro atoms. The monoisotopic (exact) mass is 247 g/mol. The molecule has 0 aliphatic heterocycles. The van der Waals surface area contributed by atoms with Gasteiger partial charge in [0.15, 0.2) is 0 Å². The van der Waals surface area contributed by atoms with Crippen molar-refractivity contribution in [2.45, 2.75) is 59.0 Å². The van der Waals surface area contributed by atoms with Crippen molar-refractivity contribution in [3.8, 4) is 5.75 Å². The number of nitrogens with two attached hydrogens (primary N) is 1. The van der Waals surface area contributed by atoms with Gasteiger partial charge in [-0.1, -0.05) is 19.4 Å². The van der Waals surface area contributed by atoms with Gasteiger partial charge in [0.1, 0.15) is 5.75 Å². The van der Waals surface area contributed by atoms with Gasteiger partial charge < -0.3 is 10.5 Å². The van der Waals surface area contributed by atoms with Crippen molar-refractivity contribution in [1.29, 1.82) is 0 Å². The maximum atomic E-state index is 6.13. The fourth-order valence-electron chi connectivity index (χ4n) is 2.81. The zero-order valence-electron chi connectivity index (χ0n) is 11.8. The van der Waals surface area contributed by atoms with Crippen molar-refractivity contribution < 1.29 is 4.74 Å². The number of aryl methyl sites for hydroxylation is 2. The van der Waals surface area contributed by atoms with Crippen LogP contribution in [-0.4, -0.2) is 6.10 Å². The van der Waals surface area contributed by atoms with Crippen molar-refractivity contribution in [2.75, 3.05) is 5.73 Å². The van der Waals surface area contributed by atoms with Crippen LogP contribution in [0.1, 0.15) is 50.2 Å². The van der Waals surface area contributed by atoms with Gasteiger partial charge in [0.2, 0.25) is 0 Å². The summed E-state index contributed by atoms with van der Waals surface area (Å²) in [7, 11) is 0. The topological polar surface area (TPSA) is 35.2 Å². The van der Waals surface area contributed by atoms with Crippen molar-refractivity contribution in [1.82, 2.24) is 0 Å². The van der Waals surface area contributed by atoms with E-state index in [1.165, 1.54) is 37.7 Å². The first-order chi connectivity index (χ1) is 8.60. The minimum Gasteiger partial charge on any atom is -0.490 e. The summed E-state index contributed by atoms with van der Waals surface area (Å²) in [6.45, 7) is 6.43. The highest BCUT2D eigenvalue weighted by Crippen LogP contribution is 2.31. The average Bonchev–Trinajstić information content (AvgIpc) is 2.37. The fraction of sp³-hybridized carbons (Fsp3) is 0.625. The maximum absolute atomic E-state index is 6.13. The van der Waals surface area contributed by atoms with E-state index in [0.29, 0.717) is 6.10 Å². The van der Waals surface area contributed by atoms with Crippen LogP contribution in [0.15, 0.2) is 12.1 Å². The zero-order valence-corrected chi connectivity index (χ0v) is 11.8. The number of ether oxygens (including phenoxy) is 1. The lowest BCUT2D eigenvalue weighted by Gasteiger charge is -2.29. The van der Waals surface area contributed by atoms with Crippen LogP contribution in [0.3, 0.4) is 0 Å². The molecule has 0 heterocycles. The molecule has 1 aromatic carbocycles. The zero-order chi connectivity index (χ0) is 13.1. The lowest BCUT2D eigenvalue weighted by Crippen LogP contribution is -2.24. The standard InChI is InChI=1S/C16H25NO/c1-4-13-5-7-14(8-6-13)18-16-10-15(17)11(2)9-12(16)3/h9-10,13-14H,4-8,17H2,1-3H3. The van der Waals surface area contributed by atoms with E-state index < -0.39 is 0 Å². The van der Waals surface area contributed by atoms with E-state index in [4.69, 9.17) is 10.5 Å². The lowest BCUT2D eigenvalue weighted by molar-refractivity contribution is 0.129.